The standard InChI is InChI=1S/C19H27N3O3/c1-24-18-6-4-15(19(10-18)25-2)13-22-8-7-17(23)9-16(22)5-3-14-11-20-21-12-14/h4,6,10-11,14,16,21H,3,5,7-9,12-13H2,1-2H3. The molecule has 6 nitrogen and oxygen atoms in total. The van der Waals surface area contributed by atoms with Crippen LogP contribution in [0.5, 0.6) is 11.5 Å². The van der Waals surface area contributed by atoms with Crippen molar-refractivity contribution < 1.29 is 14.3 Å². The van der Waals surface area contributed by atoms with E-state index < -0.39 is 0 Å². The molecule has 2 aliphatic rings. The molecule has 1 aromatic carbocycles. The van der Waals surface area contributed by atoms with E-state index in [1.807, 2.05) is 18.3 Å². The average Bonchev–Trinajstić information content (AvgIpc) is 3.15. The predicted octanol–water partition coefficient (Wildman–Crippen LogP) is 2.22. The van der Waals surface area contributed by atoms with E-state index in [2.05, 4.69) is 21.5 Å². The van der Waals surface area contributed by atoms with Crippen molar-refractivity contribution in [2.24, 2.45) is 11.0 Å². The summed E-state index contributed by atoms with van der Waals surface area (Å²) in [7, 11) is 3.34. The number of ether oxygens (including phenoxy) is 2. The molecule has 1 saturated heterocycles. The second-order valence-corrected chi connectivity index (χ2v) is 6.77. The van der Waals surface area contributed by atoms with Gasteiger partial charge in [-0.15, -0.1) is 0 Å². The Morgan fingerprint density at radius 2 is 2.16 bits per heavy atom. The van der Waals surface area contributed by atoms with Crippen LogP contribution in [-0.4, -0.2) is 50.2 Å². The largest absolute Gasteiger partial charge is 0.497 e. The number of benzene rings is 1. The molecule has 6 heteroatoms. The molecule has 2 aliphatic heterocycles. The maximum atomic E-state index is 12.0. The van der Waals surface area contributed by atoms with Crippen molar-refractivity contribution in [3.05, 3.63) is 23.8 Å². The molecule has 2 unspecified atom stereocenters. The average molecular weight is 345 g/mol. The monoisotopic (exact) mass is 345 g/mol. The summed E-state index contributed by atoms with van der Waals surface area (Å²) in [5.74, 6) is 2.48. The molecule has 0 aliphatic carbocycles. The molecule has 0 spiro atoms. The molecule has 3 rings (SSSR count). The van der Waals surface area contributed by atoms with E-state index in [1.54, 1.807) is 14.2 Å². The lowest BCUT2D eigenvalue weighted by Crippen LogP contribution is -2.42. The number of carbonyl (C=O) groups excluding carboxylic acids is 1. The third-order valence-corrected chi connectivity index (χ3v) is 5.13. The number of piperidine rings is 1. The van der Waals surface area contributed by atoms with Gasteiger partial charge in [-0.25, -0.2) is 0 Å². The fraction of sp³-hybridized carbons (Fsp3) is 0.579. The molecule has 2 heterocycles. The quantitative estimate of drug-likeness (QED) is 0.821. The summed E-state index contributed by atoms with van der Waals surface area (Å²) >= 11 is 0. The van der Waals surface area contributed by atoms with Crippen LogP contribution < -0.4 is 14.9 Å². The zero-order valence-corrected chi connectivity index (χ0v) is 15.0. The molecule has 136 valence electrons. The summed E-state index contributed by atoms with van der Waals surface area (Å²) in [4.78, 5) is 14.4. The van der Waals surface area contributed by atoms with Crippen LogP contribution >= 0.6 is 0 Å². The number of hydrogen-bond acceptors (Lipinski definition) is 6. The number of carbonyl (C=O) groups is 1. The molecule has 0 aromatic heterocycles. The number of nitrogens with zero attached hydrogens (tertiary/aromatic N) is 2. The molecule has 1 fully saturated rings. The Bertz CT molecular complexity index is 632. The van der Waals surface area contributed by atoms with Crippen LogP contribution in [-0.2, 0) is 11.3 Å². The van der Waals surface area contributed by atoms with Crippen LogP contribution in [0, 0.1) is 5.92 Å². The Kier molecular flexibility index (Phi) is 5.91. The van der Waals surface area contributed by atoms with Crippen LogP contribution in [0.3, 0.4) is 0 Å². The maximum Gasteiger partial charge on any atom is 0.135 e. The Balaban J connectivity index is 1.67. The summed E-state index contributed by atoms with van der Waals surface area (Å²) in [5.41, 5.74) is 4.14. The molecule has 25 heavy (non-hydrogen) atoms. The highest BCUT2D eigenvalue weighted by Gasteiger charge is 2.28. The molecule has 1 N–H and O–H groups in total. The van der Waals surface area contributed by atoms with Gasteiger partial charge in [-0.1, -0.05) is 6.07 Å². The Hall–Kier alpha value is -2.08. The minimum Gasteiger partial charge on any atom is -0.497 e. The number of methoxy groups -OCH3 is 2. The van der Waals surface area contributed by atoms with Crippen LogP contribution in [0.25, 0.3) is 0 Å². The second kappa shape index (κ2) is 8.34. The Morgan fingerprint density at radius 1 is 1.28 bits per heavy atom. The van der Waals surface area contributed by atoms with Gasteiger partial charge in [-0.3, -0.25) is 9.69 Å². The van der Waals surface area contributed by atoms with Crippen molar-refractivity contribution in [1.82, 2.24) is 10.3 Å². The zero-order chi connectivity index (χ0) is 17.6. The van der Waals surface area contributed by atoms with Crippen molar-refractivity contribution in [1.29, 1.82) is 0 Å². The number of nitrogens with one attached hydrogen (secondary N) is 1. The van der Waals surface area contributed by atoms with Crippen molar-refractivity contribution in [3.63, 3.8) is 0 Å². The van der Waals surface area contributed by atoms with Gasteiger partial charge in [0.1, 0.15) is 17.3 Å². The van der Waals surface area contributed by atoms with E-state index in [-0.39, 0.29) is 0 Å². The van der Waals surface area contributed by atoms with Gasteiger partial charge in [0, 0.05) is 62.3 Å². The molecular formula is C19H27N3O3. The number of ketones is 1. The first-order valence-electron chi connectivity index (χ1n) is 8.92. The zero-order valence-electron chi connectivity index (χ0n) is 15.0. The fourth-order valence-electron chi connectivity index (χ4n) is 3.60. The van der Waals surface area contributed by atoms with Crippen molar-refractivity contribution in [3.8, 4) is 11.5 Å². The first-order valence-corrected chi connectivity index (χ1v) is 8.92. The minimum absolute atomic E-state index is 0.294. The van der Waals surface area contributed by atoms with Crippen molar-refractivity contribution in [2.75, 3.05) is 27.3 Å². The van der Waals surface area contributed by atoms with Gasteiger partial charge in [-0.05, 0) is 18.9 Å². The lowest BCUT2D eigenvalue weighted by molar-refractivity contribution is -0.123. The number of hydrogen-bond donors (Lipinski definition) is 1. The molecule has 1 aromatic rings. The highest BCUT2D eigenvalue weighted by atomic mass is 16.5. The van der Waals surface area contributed by atoms with E-state index in [4.69, 9.17) is 9.47 Å². The predicted molar refractivity (Wildman–Crippen MR) is 97.2 cm³/mol. The summed E-state index contributed by atoms with van der Waals surface area (Å²) in [6, 6.07) is 6.23. The van der Waals surface area contributed by atoms with Gasteiger partial charge in [0.2, 0.25) is 0 Å². The van der Waals surface area contributed by atoms with Gasteiger partial charge in [-0.2, -0.15) is 5.10 Å². The van der Waals surface area contributed by atoms with E-state index in [9.17, 15) is 4.79 Å². The van der Waals surface area contributed by atoms with Crippen molar-refractivity contribution in [2.45, 2.75) is 38.3 Å². The normalized spacial score (nSPS) is 23.5. The summed E-state index contributed by atoms with van der Waals surface area (Å²) in [5, 5.41) is 4.09. The van der Waals surface area contributed by atoms with Crippen LogP contribution in [0.2, 0.25) is 0 Å². The van der Waals surface area contributed by atoms with Gasteiger partial charge in [0.25, 0.3) is 0 Å². The van der Waals surface area contributed by atoms with Gasteiger partial charge in [0.05, 0.1) is 14.2 Å². The van der Waals surface area contributed by atoms with E-state index in [0.717, 1.165) is 49.5 Å². The van der Waals surface area contributed by atoms with Crippen molar-refractivity contribution >= 4 is 12.0 Å². The lowest BCUT2D eigenvalue weighted by atomic mass is 9.93. The number of likely N-dealkylation sites (tertiary alicyclic amines) is 1. The van der Waals surface area contributed by atoms with Crippen LogP contribution in [0.15, 0.2) is 23.3 Å². The SMILES string of the molecule is COc1ccc(CN2CCC(=O)CC2CCC2C=NNC2)c(OC)c1. The van der Waals surface area contributed by atoms with Gasteiger partial charge < -0.3 is 14.9 Å². The second-order valence-electron chi connectivity index (χ2n) is 6.77. The molecule has 2 atom stereocenters. The minimum atomic E-state index is 0.294. The third-order valence-electron chi connectivity index (χ3n) is 5.13. The van der Waals surface area contributed by atoms with E-state index in [1.165, 1.54) is 0 Å². The van der Waals surface area contributed by atoms with Crippen LogP contribution in [0.1, 0.15) is 31.2 Å². The molecule has 0 saturated carbocycles. The topological polar surface area (TPSA) is 63.2 Å². The van der Waals surface area contributed by atoms with Crippen LogP contribution in [0.4, 0.5) is 0 Å². The smallest absolute Gasteiger partial charge is 0.135 e. The van der Waals surface area contributed by atoms with E-state index >= 15 is 0 Å². The number of hydrazone groups is 1. The summed E-state index contributed by atoms with van der Waals surface area (Å²) in [6.07, 6.45) is 5.35. The summed E-state index contributed by atoms with van der Waals surface area (Å²) in [6.45, 7) is 2.52. The van der Waals surface area contributed by atoms with Gasteiger partial charge in [0.15, 0.2) is 0 Å². The lowest BCUT2D eigenvalue weighted by Gasteiger charge is -2.35. The third kappa shape index (κ3) is 4.51. The number of Topliss-reactive ketones (excluding diaryl/α,β-unsaturated/α-hetero) is 1. The van der Waals surface area contributed by atoms with Gasteiger partial charge >= 0.3 is 0 Å². The fourth-order valence-corrected chi connectivity index (χ4v) is 3.60. The Morgan fingerprint density at radius 3 is 2.88 bits per heavy atom. The molecule has 0 amide bonds. The first kappa shape index (κ1) is 17.7. The van der Waals surface area contributed by atoms with E-state index in [0.29, 0.717) is 30.6 Å². The Labute approximate surface area is 149 Å². The highest BCUT2D eigenvalue weighted by molar-refractivity contribution is 5.80. The highest BCUT2D eigenvalue weighted by Crippen LogP contribution is 2.29. The summed E-state index contributed by atoms with van der Waals surface area (Å²) < 4.78 is 10.8. The molecule has 0 radical (unpaired) electrons. The molecular weight excluding hydrogens is 318 g/mol. The first-order chi connectivity index (χ1) is 12.2. The maximum absolute atomic E-state index is 12.0. The number of rotatable bonds is 7. The molecule has 0 bridgehead atoms.